The minimum atomic E-state index is -3.70. The van der Waals surface area contributed by atoms with E-state index in [1.807, 2.05) is 18.2 Å². The Balaban J connectivity index is 1.92. The minimum absolute atomic E-state index is 0.235. The second-order valence-electron chi connectivity index (χ2n) is 6.87. The monoisotopic (exact) mass is 415 g/mol. The van der Waals surface area contributed by atoms with Gasteiger partial charge in [0.1, 0.15) is 4.90 Å². The van der Waals surface area contributed by atoms with Gasteiger partial charge < -0.3 is 9.80 Å². The van der Waals surface area contributed by atoms with Crippen LogP contribution in [0.5, 0.6) is 0 Å². The average Bonchev–Trinajstić information content (AvgIpc) is 2.73. The number of benzene rings is 2. The van der Waals surface area contributed by atoms with Gasteiger partial charge in [-0.2, -0.15) is 0 Å². The minimum Gasteiger partial charge on any atom is -0.367 e. The molecule has 28 heavy (non-hydrogen) atoms. The van der Waals surface area contributed by atoms with Crippen molar-refractivity contribution in [2.45, 2.75) is 16.7 Å². The largest absolute Gasteiger partial charge is 0.367 e. The van der Waals surface area contributed by atoms with Crippen LogP contribution in [0.2, 0.25) is 5.02 Å². The third-order valence-electron chi connectivity index (χ3n) is 5.25. The number of sulfone groups is 1. The Labute approximate surface area is 170 Å². The van der Waals surface area contributed by atoms with Gasteiger partial charge in [-0.3, -0.25) is 4.98 Å². The molecule has 3 aromatic rings. The number of anilines is 1. The topological polar surface area (TPSA) is 53.5 Å². The lowest BCUT2D eigenvalue weighted by atomic mass is 10.1. The van der Waals surface area contributed by atoms with Gasteiger partial charge in [-0.15, -0.1) is 0 Å². The molecule has 0 spiro atoms. The van der Waals surface area contributed by atoms with Crippen LogP contribution >= 0.6 is 11.6 Å². The number of nitrogens with zero attached hydrogens (tertiary/aromatic N) is 3. The van der Waals surface area contributed by atoms with Crippen LogP contribution in [0.15, 0.2) is 64.5 Å². The summed E-state index contributed by atoms with van der Waals surface area (Å²) in [5.41, 5.74) is 1.44. The molecular formula is C21H22ClN3O2S. The molecule has 2 heterocycles. The zero-order chi connectivity index (χ0) is 19.7. The van der Waals surface area contributed by atoms with Gasteiger partial charge in [0.15, 0.2) is 0 Å². The number of rotatable bonds is 4. The predicted octanol–water partition coefficient (Wildman–Crippen LogP) is 3.86. The number of hydrogen-bond acceptors (Lipinski definition) is 5. The lowest BCUT2D eigenvalue weighted by Gasteiger charge is -2.36. The van der Waals surface area contributed by atoms with Crippen molar-refractivity contribution >= 4 is 38.0 Å². The van der Waals surface area contributed by atoms with Gasteiger partial charge in [0.25, 0.3) is 0 Å². The number of aromatic nitrogens is 1. The van der Waals surface area contributed by atoms with Crippen LogP contribution in [-0.4, -0.2) is 51.0 Å². The summed E-state index contributed by atoms with van der Waals surface area (Å²) in [4.78, 5) is 9.44. The highest BCUT2D eigenvalue weighted by atomic mass is 35.5. The van der Waals surface area contributed by atoms with Crippen LogP contribution in [0.3, 0.4) is 0 Å². The van der Waals surface area contributed by atoms with Crippen molar-refractivity contribution in [3.05, 3.63) is 59.8 Å². The Morgan fingerprint density at radius 2 is 1.75 bits per heavy atom. The highest BCUT2D eigenvalue weighted by Gasteiger charge is 2.28. The number of halogens is 1. The van der Waals surface area contributed by atoms with Crippen molar-refractivity contribution in [3.63, 3.8) is 0 Å². The molecule has 0 atom stereocenters. The van der Waals surface area contributed by atoms with Crippen molar-refractivity contribution in [2.75, 3.05) is 37.6 Å². The Morgan fingerprint density at radius 3 is 2.43 bits per heavy atom. The number of likely N-dealkylation sites (N-methyl/N-ethyl adjacent to an activating group) is 1. The van der Waals surface area contributed by atoms with E-state index in [-0.39, 0.29) is 9.79 Å². The number of fused-ring (bicyclic) bond motifs is 1. The second-order valence-corrected chi connectivity index (χ2v) is 9.22. The highest BCUT2D eigenvalue weighted by molar-refractivity contribution is 7.91. The molecule has 1 fully saturated rings. The first kappa shape index (κ1) is 19.2. The summed E-state index contributed by atoms with van der Waals surface area (Å²) >= 11 is 6.25. The summed E-state index contributed by atoms with van der Waals surface area (Å²) in [5, 5.41) is 1.34. The Morgan fingerprint density at radius 1 is 1.04 bits per heavy atom. The molecule has 5 nitrogen and oxygen atoms in total. The van der Waals surface area contributed by atoms with Crippen molar-refractivity contribution in [1.82, 2.24) is 9.88 Å². The zero-order valence-electron chi connectivity index (χ0n) is 15.7. The second kappa shape index (κ2) is 7.70. The molecule has 2 aromatic carbocycles. The molecule has 146 valence electrons. The summed E-state index contributed by atoms with van der Waals surface area (Å²) in [5.74, 6) is 0. The van der Waals surface area contributed by atoms with Crippen LogP contribution in [0.4, 0.5) is 5.69 Å². The molecule has 0 unspecified atom stereocenters. The fraction of sp³-hybridized carbons (Fsp3) is 0.286. The molecule has 0 radical (unpaired) electrons. The quantitative estimate of drug-likeness (QED) is 0.647. The van der Waals surface area contributed by atoms with Gasteiger partial charge in [-0.25, -0.2) is 8.42 Å². The molecule has 0 amide bonds. The maximum absolute atomic E-state index is 13.4. The molecule has 1 aliphatic heterocycles. The summed E-state index contributed by atoms with van der Waals surface area (Å²) < 4.78 is 26.9. The molecule has 0 saturated carbocycles. The third-order valence-corrected chi connectivity index (χ3v) is 7.25. The predicted molar refractivity (Wildman–Crippen MR) is 113 cm³/mol. The van der Waals surface area contributed by atoms with E-state index in [4.69, 9.17) is 11.6 Å². The Kier molecular flexibility index (Phi) is 5.27. The zero-order valence-corrected chi connectivity index (χ0v) is 17.2. The molecule has 0 N–H and O–H groups in total. The van der Waals surface area contributed by atoms with Gasteiger partial charge in [0.05, 0.1) is 16.1 Å². The lowest BCUT2D eigenvalue weighted by Crippen LogP contribution is -2.46. The van der Waals surface area contributed by atoms with Gasteiger partial charge in [-0.1, -0.05) is 36.7 Å². The van der Waals surface area contributed by atoms with Crippen LogP contribution in [0.25, 0.3) is 10.9 Å². The fourth-order valence-electron chi connectivity index (χ4n) is 3.67. The summed E-state index contributed by atoms with van der Waals surface area (Å²) in [6, 6.07) is 13.9. The van der Waals surface area contributed by atoms with Crippen LogP contribution < -0.4 is 4.90 Å². The van der Waals surface area contributed by atoms with Crippen molar-refractivity contribution in [3.8, 4) is 0 Å². The van der Waals surface area contributed by atoms with E-state index in [0.29, 0.717) is 10.7 Å². The number of hydrogen-bond donors (Lipinski definition) is 0. The summed E-state index contributed by atoms with van der Waals surface area (Å²) in [6.07, 6.45) is 1.49. The number of piperazine rings is 1. The van der Waals surface area contributed by atoms with Gasteiger partial charge in [0, 0.05) is 42.8 Å². The van der Waals surface area contributed by atoms with E-state index in [1.54, 1.807) is 30.3 Å². The first-order chi connectivity index (χ1) is 13.5. The normalized spacial score (nSPS) is 15.9. The van der Waals surface area contributed by atoms with E-state index < -0.39 is 9.84 Å². The molecule has 1 saturated heterocycles. The molecule has 7 heteroatoms. The average molecular weight is 416 g/mol. The first-order valence-electron chi connectivity index (χ1n) is 9.36. The van der Waals surface area contributed by atoms with Gasteiger partial charge in [0.2, 0.25) is 9.84 Å². The first-order valence-corrected chi connectivity index (χ1v) is 11.2. The van der Waals surface area contributed by atoms with Crippen molar-refractivity contribution < 1.29 is 8.42 Å². The molecule has 1 aromatic heterocycles. The number of pyridine rings is 1. The smallest absolute Gasteiger partial charge is 0.210 e. The third kappa shape index (κ3) is 3.48. The Hall–Kier alpha value is -2.15. The highest BCUT2D eigenvalue weighted by Crippen LogP contribution is 2.37. The van der Waals surface area contributed by atoms with Crippen LogP contribution in [0.1, 0.15) is 6.92 Å². The standard InChI is InChI=1S/C21H22ClN3O2S/c1-2-24-10-12-25(13-11-24)21-18-14-16(22)8-9-19(18)23-15-20(21)28(26,27)17-6-4-3-5-7-17/h3-9,14-15H,2,10-13H2,1H3. The van der Waals surface area contributed by atoms with E-state index in [0.717, 1.165) is 43.6 Å². The molecule has 1 aliphatic rings. The molecule has 0 aliphatic carbocycles. The maximum Gasteiger partial charge on any atom is 0.210 e. The SMILES string of the molecule is CCN1CCN(c2c(S(=O)(=O)c3ccccc3)cnc3ccc(Cl)cc23)CC1. The van der Waals surface area contributed by atoms with Crippen LogP contribution in [-0.2, 0) is 9.84 Å². The maximum atomic E-state index is 13.4. The van der Waals surface area contributed by atoms with Crippen molar-refractivity contribution in [2.24, 2.45) is 0 Å². The van der Waals surface area contributed by atoms with E-state index in [9.17, 15) is 8.42 Å². The van der Waals surface area contributed by atoms with Gasteiger partial charge >= 0.3 is 0 Å². The fourth-order valence-corrected chi connectivity index (χ4v) is 5.30. The molecule has 4 rings (SSSR count). The molecule has 0 bridgehead atoms. The summed E-state index contributed by atoms with van der Waals surface area (Å²) in [6.45, 7) is 6.44. The van der Waals surface area contributed by atoms with Crippen molar-refractivity contribution in [1.29, 1.82) is 0 Å². The summed E-state index contributed by atoms with van der Waals surface area (Å²) in [7, 11) is -3.70. The molecular weight excluding hydrogens is 394 g/mol. The van der Waals surface area contributed by atoms with Crippen LogP contribution in [0, 0.1) is 0 Å². The lowest BCUT2D eigenvalue weighted by molar-refractivity contribution is 0.271. The Bertz CT molecular complexity index is 1100. The van der Waals surface area contributed by atoms with Gasteiger partial charge in [-0.05, 0) is 36.9 Å². The van der Waals surface area contributed by atoms with E-state index >= 15 is 0 Å². The van der Waals surface area contributed by atoms with E-state index in [1.165, 1.54) is 6.20 Å². The van der Waals surface area contributed by atoms with E-state index in [2.05, 4.69) is 21.7 Å².